The van der Waals surface area contributed by atoms with Crippen LogP contribution in [0.5, 0.6) is 0 Å². The van der Waals surface area contributed by atoms with Gasteiger partial charge < -0.3 is 10.2 Å². The van der Waals surface area contributed by atoms with E-state index in [0.29, 0.717) is 0 Å². The summed E-state index contributed by atoms with van der Waals surface area (Å²) in [6.07, 6.45) is 6.08. The molecule has 1 N–H and O–H groups in total. The van der Waals surface area contributed by atoms with Gasteiger partial charge in [0.15, 0.2) is 0 Å². The number of hydrogen-bond acceptors (Lipinski definition) is 3. The van der Waals surface area contributed by atoms with Gasteiger partial charge in [-0.3, -0.25) is 0 Å². The molecular weight excluding hydrogens is 258 g/mol. The normalized spacial score (nSPS) is 18.7. The van der Waals surface area contributed by atoms with Crippen LogP contribution in [-0.2, 0) is 0 Å². The van der Waals surface area contributed by atoms with Crippen molar-refractivity contribution in [2.45, 2.75) is 72.3 Å². The average molecular weight is 293 g/mol. The molecular formula is C18H35N3. The molecule has 0 amide bonds. The van der Waals surface area contributed by atoms with Crippen molar-refractivity contribution in [2.24, 2.45) is 11.3 Å². The molecule has 0 saturated carbocycles. The summed E-state index contributed by atoms with van der Waals surface area (Å²) in [5, 5.41) is 12.6. The Hall–Kier alpha value is -0.590. The van der Waals surface area contributed by atoms with Crippen LogP contribution < -0.4 is 5.32 Å². The first-order valence-corrected chi connectivity index (χ1v) is 8.60. The smallest absolute Gasteiger partial charge is 0.0683 e. The van der Waals surface area contributed by atoms with Crippen LogP contribution in [0.15, 0.2) is 0 Å². The molecule has 0 bridgehead atoms. The van der Waals surface area contributed by atoms with Gasteiger partial charge in [0, 0.05) is 5.54 Å². The van der Waals surface area contributed by atoms with Crippen molar-refractivity contribution in [1.82, 2.24) is 10.2 Å². The first-order valence-electron chi connectivity index (χ1n) is 8.60. The SMILES string of the molecule is CC(C)(C#N)CCCCN1CCC(CNC(C)(C)C)CC1. The quantitative estimate of drug-likeness (QED) is 0.726. The zero-order valence-electron chi connectivity index (χ0n) is 14.8. The number of piperidine rings is 1. The van der Waals surface area contributed by atoms with Crippen LogP contribution in [0.4, 0.5) is 0 Å². The van der Waals surface area contributed by atoms with Crippen molar-refractivity contribution >= 4 is 0 Å². The van der Waals surface area contributed by atoms with E-state index in [1.807, 2.05) is 13.8 Å². The number of unbranched alkanes of at least 4 members (excludes halogenated alkanes) is 1. The number of hydrogen-bond donors (Lipinski definition) is 1. The van der Waals surface area contributed by atoms with Gasteiger partial charge in [-0.15, -0.1) is 0 Å². The molecule has 21 heavy (non-hydrogen) atoms. The number of nitriles is 1. The summed E-state index contributed by atoms with van der Waals surface area (Å²) in [6.45, 7) is 15.7. The van der Waals surface area contributed by atoms with Crippen molar-refractivity contribution in [2.75, 3.05) is 26.2 Å². The monoisotopic (exact) mass is 293 g/mol. The minimum atomic E-state index is -0.147. The highest BCUT2D eigenvalue weighted by Gasteiger charge is 2.21. The zero-order chi connectivity index (χ0) is 15.9. The lowest BCUT2D eigenvalue weighted by Gasteiger charge is -2.33. The van der Waals surface area contributed by atoms with Crippen LogP contribution in [0.1, 0.15) is 66.7 Å². The van der Waals surface area contributed by atoms with Gasteiger partial charge in [0.05, 0.1) is 11.5 Å². The molecule has 122 valence electrons. The summed E-state index contributed by atoms with van der Waals surface area (Å²) < 4.78 is 0. The molecule has 0 aromatic rings. The van der Waals surface area contributed by atoms with Crippen LogP contribution in [0.2, 0.25) is 0 Å². The van der Waals surface area contributed by atoms with E-state index in [2.05, 4.69) is 37.1 Å². The maximum absolute atomic E-state index is 9.01. The van der Waals surface area contributed by atoms with Gasteiger partial charge in [-0.2, -0.15) is 5.26 Å². The van der Waals surface area contributed by atoms with E-state index in [1.165, 1.54) is 45.3 Å². The van der Waals surface area contributed by atoms with Gasteiger partial charge in [0.25, 0.3) is 0 Å². The highest BCUT2D eigenvalue weighted by Crippen LogP contribution is 2.22. The van der Waals surface area contributed by atoms with Crippen molar-refractivity contribution < 1.29 is 0 Å². The minimum Gasteiger partial charge on any atom is -0.312 e. The highest BCUT2D eigenvalue weighted by molar-refractivity contribution is 4.91. The largest absolute Gasteiger partial charge is 0.312 e. The number of nitrogens with zero attached hydrogens (tertiary/aromatic N) is 2. The fraction of sp³-hybridized carbons (Fsp3) is 0.944. The van der Waals surface area contributed by atoms with Crippen LogP contribution in [0.3, 0.4) is 0 Å². The number of nitrogens with one attached hydrogen (secondary N) is 1. The van der Waals surface area contributed by atoms with E-state index in [9.17, 15) is 0 Å². The third-order valence-corrected chi connectivity index (χ3v) is 4.46. The maximum atomic E-state index is 9.01. The van der Waals surface area contributed by atoms with Crippen LogP contribution in [0.25, 0.3) is 0 Å². The Morgan fingerprint density at radius 3 is 2.24 bits per heavy atom. The Kier molecular flexibility index (Phi) is 7.16. The van der Waals surface area contributed by atoms with Crippen LogP contribution in [0, 0.1) is 22.7 Å². The van der Waals surface area contributed by atoms with Gasteiger partial charge in [-0.1, -0.05) is 6.42 Å². The average Bonchev–Trinajstić information content (AvgIpc) is 2.42. The molecule has 3 heteroatoms. The topological polar surface area (TPSA) is 39.1 Å². The number of rotatable bonds is 7. The predicted octanol–water partition coefficient (Wildman–Crippen LogP) is 3.81. The molecule has 0 aromatic heterocycles. The molecule has 0 atom stereocenters. The molecule has 0 spiro atoms. The predicted molar refractivity (Wildman–Crippen MR) is 90.2 cm³/mol. The first kappa shape index (κ1) is 18.5. The summed E-state index contributed by atoms with van der Waals surface area (Å²) in [6, 6.07) is 2.39. The standard InChI is InChI=1S/C18H35N3/c1-17(2,3)20-14-16-8-12-21(13-9-16)11-7-6-10-18(4,5)15-19/h16,20H,6-14H2,1-5H3. The lowest BCUT2D eigenvalue weighted by atomic mass is 9.89. The van der Waals surface area contributed by atoms with Crippen LogP contribution in [-0.4, -0.2) is 36.6 Å². The fourth-order valence-corrected chi connectivity index (χ4v) is 2.82. The Morgan fingerprint density at radius 2 is 1.71 bits per heavy atom. The molecule has 1 heterocycles. The Bertz CT molecular complexity index is 327. The molecule has 1 saturated heterocycles. The molecule has 0 radical (unpaired) electrons. The van der Waals surface area contributed by atoms with Gasteiger partial charge in [-0.25, -0.2) is 0 Å². The minimum absolute atomic E-state index is 0.147. The summed E-state index contributed by atoms with van der Waals surface area (Å²) in [4.78, 5) is 2.60. The van der Waals surface area contributed by atoms with E-state index in [4.69, 9.17) is 5.26 Å². The molecule has 3 nitrogen and oxygen atoms in total. The van der Waals surface area contributed by atoms with Gasteiger partial charge >= 0.3 is 0 Å². The maximum Gasteiger partial charge on any atom is 0.0683 e. The lowest BCUT2D eigenvalue weighted by molar-refractivity contribution is 0.172. The third kappa shape index (κ3) is 8.44. The van der Waals surface area contributed by atoms with Crippen molar-refractivity contribution in [3.63, 3.8) is 0 Å². The van der Waals surface area contributed by atoms with Gasteiger partial charge in [0.1, 0.15) is 0 Å². The molecule has 0 aromatic carbocycles. The molecule has 0 aliphatic carbocycles. The molecule has 1 aliphatic heterocycles. The Balaban J connectivity index is 2.10. The summed E-state index contributed by atoms with van der Waals surface area (Å²) in [5.41, 5.74) is 0.0935. The second kappa shape index (κ2) is 8.15. The van der Waals surface area contributed by atoms with E-state index in [1.54, 1.807) is 0 Å². The third-order valence-electron chi connectivity index (χ3n) is 4.46. The molecule has 1 fully saturated rings. The van der Waals surface area contributed by atoms with Gasteiger partial charge in [0.2, 0.25) is 0 Å². The fourth-order valence-electron chi connectivity index (χ4n) is 2.82. The molecule has 1 aliphatic rings. The molecule has 1 rings (SSSR count). The molecule has 0 unspecified atom stereocenters. The zero-order valence-corrected chi connectivity index (χ0v) is 14.8. The van der Waals surface area contributed by atoms with E-state index in [0.717, 1.165) is 18.9 Å². The summed E-state index contributed by atoms with van der Waals surface area (Å²) in [7, 11) is 0. The second-order valence-electron chi connectivity index (χ2n) is 8.37. The first-order chi connectivity index (χ1) is 9.72. The van der Waals surface area contributed by atoms with Crippen molar-refractivity contribution in [3.05, 3.63) is 0 Å². The van der Waals surface area contributed by atoms with E-state index >= 15 is 0 Å². The highest BCUT2D eigenvalue weighted by atomic mass is 15.1. The van der Waals surface area contributed by atoms with Crippen molar-refractivity contribution in [1.29, 1.82) is 5.26 Å². The van der Waals surface area contributed by atoms with E-state index in [-0.39, 0.29) is 11.0 Å². The summed E-state index contributed by atoms with van der Waals surface area (Å²) >= 11 is 0. The van der Waals surface area contributed by atoms with Crippen LogP contribution >= 0.6 is 0 Å². The van der Waals surface area contributed by atoms with Crippen molar-refractivity contribution in [3.8, 4) is 6.07 Å². The Morgan fingerprint density at radius 1 is 1.10 bits per heavy atom. The second-order valence-corrected chi connectivity index (χ2v) is 8.37. The summed E-state index contributed by atoms with van der Waals surface area (Å²) in [5.74, 6) is 0.845. The lowest BCUT2D eigenvalue weighted by Crippen LogP contribution is -2.43. The van der Waals surface area contributed by atoms with E-state index < -0.39 is 0 Å². The Labute approximate surface area is 132 Å². The van der Waals surface area contributed by atoms with Gasteiger partial charge in [-0.05, 0) is 92.4 Å². The number of likely N-dealkylation sites (tertiary alicyclic amines) is 1.